The first-order chi connectivity index (χ1) is 11.8. The molecule has 0 spiro atoms. The van der Waals surface area contributed by atoms with Gasteiger partial charge in [0.2, 0.25) is 5.82 Å². The predicted octanol–water partition coefficient (Wildman–Crippen LogP) is 1.46. The maximum atomic E-state index is 12.2. The molecule has 0 fully saturated rings. The summed E-state index contributed by atoms with van der Waals surface area (Å²) >= 11 is 0. The Hall–Kier alpha value is -3.06. The third-order valence-corrected chi connectivity index (χ3v) is 3.42. The minimum atomic E-state index is -0.521. The zero-order valence-electron chi connectivity index (χ0n) is 12.8. The van der Waals surface area contributed by atoms with Crippen molar-refractivity contribution in [2.75, 3.05) is 6.61 Å². The molecule has 1 atom stereocenters. The van der Waals surface area contributed by atoms with Gasteiger partial charge in [-0.05, 0) is 24.1 Å². The zero-order valence-corrected chi connectivity index (χ0v) is 12.8. The number of carbonyl (C=O) groups is 1. The summed E-state index contributed by atoms with van der Waals surface area (Å²) in [7, 11) is 0. The molecule has 0 saturated heterocycles. The summed E-state index contributed by atoms with van der Waals surface area (Å²) in [4.78, 5) is 20.2. The second kappa shape index (κ2) is 7.47. The van der Waals surface area contributed by atoms with Crippen LogP contribution in [-0.2, 0) is 6.42 Å². The summed E-state index contributed by atoms with van der Waals surface area (Å²) in [6.45, 7) is -0.190. The van der Waals surface area contributed by atoms with Gasteiger partial charge < -0.3 is 14.9 Å². The van der Waals surface area contributed by atoms with Crippen LogP contribution in [0.4, 0.5) is 0 Å². The standard InChI is InChI=1S/C17H16N4O3/c22-11-14(9-12-5-2-1-3-6-12)19-16(23)17-20-15(21-24-17)13-7-4-8-18-10-13/h1-8,10,14,22H,9,11H2,(H,19,23)/t14-/m0/s1. The SMILES string of the molecule is O=C(N[C@H](CO)Cc1ccccc1)c1nc(-c2cccnc2)no1. The maximum Gasteiger partial charge on any atom is 0.316 e. The minimum Gasteiger partial charge on any atom is -0.394 e. The lowest BCUT2D eigenvalue weighted by atomic mass is 10.1. The molecule has 2 heterocycles. The van der Waals surface area contributed by atoms with Crippen LogP contribution in [0.3, 0.4) is 0 Å². The van der Waals surface area contributed by atoms with E-state index in [2.05, 4.69) is 20.4 Å². The molecule has 7 nitrogen and oxygen atoms in total. The number of pyridine rings is 1. The lowest BCUT2D eigenvalue weighted by Crippen LogP contribution is -2.39. The number of nitrogens with zero attached hydrogens (tertiary/aromatic N) is 3. The van der Waals surface area contributed by atoms with E-state index in [-0.39, 0.29) is 18.3 Å². The third kappa shape index (κ3) is 3.82. The van der Waals surface area contributed by atoms with Crippen LogP contribution in [-0.4, -0.2) is 38.8 Å². The summed E-state index contributed by atoms with van der Waals surface area (Å²) in [6, 6.07) is 12.7. The van der Waals surface area contributed by atoms with E-state index in [1.165, 1.54) is 0 Å². The van der Waals surface area contributed by atoms with E-state index in [0.29, 0.717) is 12.0 Å². The molecule has 3 rings (SSSR count). The van der Waals surface area contributed by atoms with Crippen molar-refractivity contribution in [1.82, 2.24) is 20.4 Å². The van der Waals surface area contributed by atoms with Gasteiger partial charge in [0.1, 0.15) is 0 Å². The van der Waals surface area contributed by atoms with Crippen LogP contribution in [0.25, 0.3) is 11.4 Å². The van der Waals surface area contributed by atoms with Crippen molar-refractivity contribution in [3.63, 3.8) is 0 Å². The topological polar surface area (TPSA) is 101 Å². The smallest absolute Gasteiger partial charge is 0.316 e. The van der Waals surface area contributed by atoms with E-state index >= 15 is 0 Å². The largest absolute Gasteiger partial charge is 0.394 e. The van der Waals surface area contributed by atoms with Gasteiger partial charge in [-0.3, -0.25) is 9.78 Å². The van der Waals surface area contributed by atoms with Gasteiger partial charge in [0, 0.05) is 18.0 Å². The highest BCUT2D eigenvalue weighted by Crippen LogP contribution is 2.13. The van der Waals surface area contributed by atoms with Crippen LogP contribution < -0.4 is 5.32 Å². The van der Waals surface area contributed by atoms with Crippen molar-refractivity contribution in [3.05, 3.63) is 66.3 Å². The van der Waals surface area contributed by atoms with Crippen LogP contribution in [0.2, 0.25) is 0 Å². The predicted molar refractivity (Wildman–Crippen MR) is 86.0 cm³/mol. The Morgan fingerprint density at radius 3 is 2.75 bits per heavy atom. The van der Waals surface area contributed by atoms with Crippen molar-refractivity contribution in [2.45, 2.75) is 12.5 Å². The number of nitrogens with one attached hydrogen (secondary N) is 1. The molecule has 3 aromatic rings. The molecule has 122 valence electrons. The first-order valence-corrected chi connectivity index (χ1v) is 7.46. The Bertz CT molecular complexity index is 790. The average Bonchev–Trinajstić information content (AvgIpc) is 3.13. The fourth-order valence-corrected chi connectivity index (χ4v) is 2.23. The van der Waals surface area contributed by atoms with Crippen molar-refractivity contribution >= 4 is 5.91 Å². The van der Waals surface area contributed by atoms with E-state index in [1.54, 1.807) is 24.5 Å². The fourth-order valence-electron chi connectivity index (χ4n) is 2.23. The van der Waals surface area contributed by atoms with Gasteiger partial charge in [-0.15, -0.1) is 0 Å². The van der Waals surface area contributed by atoms with E-state index in [0.717, 1.165) is 5.56 Å². The van der Waals surface area contributed by atoms with Crippen LogP contribution in [0, 0.1) is 0 Å². The van der Waals surface area contributed by atoms with Gasteiger partial charge in [-0.2, -0.15) is 4.98 Å². The first-order valence-electron chi connectivity index (χ1n) is 7.46. The molecule has 7 heteroatoms. The van der Waals surface area contributed by atoms with Crippen LogP contribution in [0.1, 0.15) is 16.2 Å². The van der Waals surface area contributed by atoms with E-state index in [4.69, 9.17) is 4.52 Å². The first kappa shape index (κ1) is 15.8. The van der Waals surface area contributed by atoms with E-state index in [9.17, 15) is 9.90 Å². The number of hydrogen-bond acceptors (Lipinski definition) is 6. The second-order valence-corrected chi connectivity index (χ2v) is 5.21. The normalized spacial score (nSPS) is 11.9. The van der Waals surface area contributed by atoms with Gasteiger partial charge in [0.05, 0.1) is 12.6 Å². The number of aliphatic hydroxyl groups excluding tert-OH is 1. The maximum absolute atomic E-state index is 12.2. The number of aromatic nitrogens is 3. The fraction of sp³-hybridized carbons (Fsp3) is 0.176. The molecule has 0 aliphatic heterocycles. The monoisotopic (exact) mass is 324 g/mol. The summed E-state index contributed by atoms with van der Waals surface area (Å²) < 4.78 is 4.99. The molecule has 2 aromatic heterocycles. The van der Waals surface area contributed by atoms with Crippen molar-refractivity contribution < 1.29 is 14.4 Å². The minimum absolute atomic E-state index is 0.152. The van der Waals surface area contributed by atoms with Gasteiger partial charge in [-0.1, -0.05) is 35.5 Å². The summed E-state index contributed by atoms with van der Waals surface area (Å²) in [5.41, 5.74) is 1.67. The Labute approximate surface area is 138 Å². The summed E-state index contributed by atoms with van der Waals surface area (Å²) in [6.07, 6.45) is 3.72. The number of aliphatic hydroxyl groups is 1. The van der Waals surface area contributed by atoms with Gasteiger partial charge in [0.15, 0.2) is 0 Å². The average molecular weight is 324 g/mol. The second-order valence-electron chi connectivity index (χ2n) is 5.21. The van der Waals surface area contributed by atoms with Crippen LogP contribution in [0.5, 0.6) is 0 Å². The Kier molecular flexibility index (Phi) is 4.93. The lowest BCUT2D eigenvalue weighted by Gasteiger charge is -2.14. The van der Waals surface area contributed by atoms with E-state index < -0.39 is 11.9 Å². The molecule has 24 heavy (non-hydrogen) atoms. The van der Waals surface area contributed by atoms with Crippen LogP contribution in [0.15, 0.2) is 59.4 Å². The highest BCUT2D eigenvalue weighted by Gasteiger charge is 2.19. The number of rotatable bonds is 6. The molecule has 0 aliphatic rings. The number of benzene rings is 1. The number of carbonyl (C=O) groups excluding carboxylic acids is 1. The molecule has 1 aromatic carbocycles. The van der Waals surface area contributed by atoms with Crippen molar-refractivity contribution in [2.24, 2.45) is 0 Å². The number of amides is 1. The summed E-state index contributed by atoms with van der Waals surface area (Å²) in [5, 5.41) is 15.9. The third-order valence-electron chi connectivity index (χ3n) is 3.42. The molecule has 0 saturated carbocycles. The number of hydrogen-bond donors (Lipinski definition) is 2. The molecular weight excluding hydrogens is 308 g/mol. The Balaban J connectivity index is 1.67. The molecule has 0 unspecified atom stereocenters. The molecular formula is C17H16N4O3. The van der Waals surface area contributed by atoms with Gasteiger partial charge >= 0.3 is 11.8 Å². The van der Waals surface area contributed by atoms with Crippen LogP contribution >= 0.6 is 0 Å². The molecule has 0 aliphatic carbocycles. The van der Waals surface area contributed by atoms with Crippen molar-refractivity contribution in [1.29, 1.82) is 0 Å². The molecule has 1 amide bonds. The zero-order chi connectivity index (χ0) is 16.8. The molecule has 0 bridgehead atoms. The quantitative estimate of drug-likeness (QED) is 0.712. The Morgan fingerprint density at radius 2 is 2.04 bits per heavy atom. The summed E-state index contributed by atoms with van der Waals surface area (Å²) in [5.74, 6) is -0.384. The highest BCUT2D eigenvalue weighted by atomic mass is 16.5. The molecule has 2 N–H and O–H groups in total. The van der Waals surface area contributed by atoms with E-state index in [1.807, 2.05) is 30.3 Å². The highest BCUT2D eigenvalue weighted by molar-refractivity contribution is 5.90. The van der Waals surface area contributed by atoms with Gasteiger partial charge in [-0.25, -0.2) is 0 Å². The molecule has 0 radical (unpaired) electrons. The van der Waals surface area contributed by atoms with Crippen molar-refractivity contribution in [3.8, 4) is 11.4 Å². The Morgan fingerprint density at radius 1 is 1.21 bits per heavy atom. The lowest BCUT2D eigenvalue weighted by molar-refractivity contribution is 0.0872. The van der Waals surface area contributed by atoms with Gasteiger partial charge in [0.25, 0.3) is 0 Å².